The monoisotopic (exact) mass is 238 g/mol. The number of nitrogens with two attached hydrogens (primary N) is 1. The predicted octanol–water partition coefficient (Wildman–Crippen LogP) is 1.74. The zero-order valence-electron chi connectivity index (χ0n) is 10.9. The molecule has 1 unspecified atom stereocenters. The molecule has 0 saturated carbocycles. The summed E-state index contributed by atoms with van der Waals surface area (Å²) in [5, 5.41) is 0. The number of hydrogen-bond acceptors (Lipinski definition) is 4. The van der Waals surface area contributed by atoms with Crippen molar-refractivity contribution in [3.63, 3.8) is 0 Å². The lowest BCUT2D eigenvalue weighted by Crippen LogP contribution is -2.51. The molecule has 2 heterocycles. The fraction of sp³-hybridized carbons (Fsp3) is 0.692. The van der Waals surface area contributed by atoms with Gasteiger partial charge < -0.3 is 14.9 Å². The summed E-state index contributed by atoms with van der Waals surface area (Å²) in [4.78, 5) is 2.40. The predicted molar refractivity (Wildman–Crippen MR) is 66.5 cm³/mol. The smallest absolute Gasteiger partial charge is 0.121 e. The van der Waals surface area contributed by atoms with Crippen LogP contribution in [0.2, 0.25) is 0 Å². The summed E-state index contributed by atoms with van der Waals surface area (Å²) in [6.07, 6.45) is 1.99. The van der Waals surface area contributed by atoms with Gasteiger partial charge in [-0.1, -0.05) is 0 Å². The SMILES string of the molecule is CC1CN(Cc2ccoc2CN)CC(C)(C)O1. The lowest BCUT2D eigenvalue weighted by atomic mass is 10.0. The Balaban J connectivity index is 2.03. The van der Waals surface area contributed by atoms with Gasteiger partial charge in [-0.25, -0.2) is 0 Å². The van der Waals surface area contributed by atoms with Crippen molar-refractivity contribution >= 4 is 0 Å². The van der Waals surface area contributed by atoms with E-state index < -0.39 is 0 Å². The van der Waals surface area contributed by atoms with Crippen molar-refractivity contribution in [3.05, 3.63) is 23.7 Å². The van der Waals surface area contributed by atoms with Crippen molar-refractivity contribution in [1.82, 2.24) is 4.90 Å². The van der Waals surface area contributed by atoms with Gasteiger partial charge in [-0.3, -0.25) is 4.90 Å². The van der Waals surface area contributed by atoms with Crippen LogP contribution in [-0.2, 0) is 17.8 Å². The second kappa shape index (κ2) is 4.80. The summed E-state index contributed by atoms with van der Waals surface area (Å²) in [6.45, 7) is 9.63. The molecule has 0 aliphatic carbocycles. The van der Waals surface area contributed by atoms with Crippen LogP contribution < -0.4 is 5.73 Å². The third-order valence-electron chi connectivity index (χ3n) is 3.06. The summed E-state index contributed by atoms with van der Waals surface area (Å²) in [5.41, 5.74) is 6.76. The minimum atomic E-state index is -0.0791. The van der Waals surface area contributed by atoms with Gasteiger partial charge in [-0.2, -0.15) is 0 Å². The van der Waals surface area contributed by atoms with E-state index in [0.29, 0.717) is 6.54 Å². The number of hydrogen-bond donors (Lipinski definition) is 1. The number of ether oxygens (including phenoxy) is 1. The van der Waals surface area contributed by atoms with Crippen molar-refractivity contribution in [2.75, 3.05) is 13.1 Å². The van der Waals surface area contributed by atoms with Gasteiger partial charge in [0.25, 0.3) is 0 Å². The first-order valence-electron chi connectivity index (χ1n) is 6.15. The molecule has 0 aromatic carbocycles. The summed E-state index contributed by atoms with van der Waals surface area (Å²) in [6, 6.07) is 2.01. The molecule has 0 spiro atoms. The van der Waals surface area contributed by atoms with E-state index in [1.807, 2.05) is 6.07 Å². The van der Waals surface area contributed by atoms with Crippen molar-refractivity contribution in [2.45, 2.75) is 45.6 Å². The van der Waals surface area contributed by atoms with Gasteiger partial charge >= 0.3 is 0 Å². The maximum absolute atomic E-state index is 5.89. The summed E-state index contributed by atoms with van der Waals surface area (Å²) < 4.78 is 11.2. The molecular formula is C13H22N2O2. The molecule has 17 heavy (non-hydrogen) atoms. The van der Waals surface area contributed by atoms with E-state index in [9.17, 15) is 0 Å². The Hall–Kier alpha value is -0.840. The zero-order chi connectivity index (χ0) is 12.5. The Kier molecular flexibility index (Phi) is 3.56. The van der Waals surface area contributed by atoms with Crippen LogP contribution >= 0.6 is 0 Å². The van der Waals surface area contributed by atoms with Crippen LogP contribution in [0.25, 0.3) is 0 Å². The third-order valence-corrected chi connectivity index (χ3v) is 3.06. The number of morpholine rings is 1. The topological polar surface area (TPSA) is 51.6 Å². The van der Waals surface area contributed by atoms with Crippen molar-refractivity contribution in [2.24, 2.45) is 5.73 Å². The minimum absolute atomic E-state index is 0.0791. The highest BCUT2D eigenvalue weighted by Gasteiger charge is 2.31. The van der Waals surface area contributed by atoms with E-state index >= 15 is 0 Å². The number of nitrogens with zero attached hydrogens (tertiary/aromatic N) is 1. The first kappa shape index (κ1) is 12.6. The molecule has 1 aliphatic rings. The van der Waals surface area contributed by atoms with Crippen LogP contribution in [0.5, 0.6) is 0 Å². The molecule has 0 bridgehead atoms. The van der Waals surface area contributed by atoms with Crippen molar-refractivity contribution in [1.29, 1.82) is 0 Å². The lowest BCUT2D eigenvalue weighted by molar-refractivity contribution is -0.130. The second-order valence-corrected chi connectivity index (χ2v) is 5.43. The highest BCUT2D eigenvalue weighted by atomic mass is 16.5. The summed E-state index contributed by atoms with van der Waals surface area (Å²) in [7, 11) is 0. The number of furan rings is 1. The molecular weight excluding hydrogens is 216 g/mol. The molecule has 96 valence electrons. The van der Waals surface area contributed by atoms with E-state index in [0.717, 1.165) is 25.4 Å². The maximum atomic E-state index is 5.89. The average molecular weight is 238 g/mol. The van der Waals surface area contributed by atoms with Crippen molar-refractivity contribution < 1.29 is 9.15 Å². The fourth-order valence-electron chi connectivity index (χ4n) is 2.63. The molecule has 2 rings (SSSR count). The van der Waals surface area contributed by atoms with Gasteiger partial charge in [0.05, 0.1) is 24.5 Å². The molecule has 4 nitrogen and oxygen atoms in total. The molecule has 0 radical (unpaired) electrons. The summed E-state index contributed by atoms with van der Waals surface area (Å²) >= 11 is 0. The van der Waals surface area contributed by atoms with Crippen LogP contribution in [-0.4, -0.2) is 29.7 Å². The molecule has 1 aromatic heterocycles. The molecule has 1 fully saturated rings. The Bertz CT molecular complexity index is 373. The molecule has 2 N–H and O–H groups in total. The largest absolute Gasteiger partial charge is 0.468 e. The van der Waals surface area contributed by atoms with Crippen LogP contribution in [0.3, 0.4) is 0 Å². The Morgan fingerprint density at radius 1 is 1.53 bits per heavy atom. The van der Waals surface area contributed by atoms with Crippen molar-refractivity contribution in [3.8, 4) is 0 Å². The number of rotatable bonds is 3. The maximum Gasteiger partial charge on any atom is 0.121 e. The Morgan fingerprint density at radius 2 is 2.29 bits per heavy atom. The van der Waals surface area contributed by atoms with Gasteiger partial charge in [0.1, 0.15) is 5.76 Å². The highest BCUT2D eigenvalue weighted by Crippen LogP contribution is 2.23. The van der Waals surface area contributed by atoms with E-state index in [1.165, 1.54) is 5.56 Å². The highest BCUT2D eigenvalue weighted by molar-refractivity contribution is 5.16. The van der Waals surface area contributed by atoms with Crippen LogP contribution in [0.1, 0.15) is 32.1 Å². The normalized spacial score (nSPS) is 25.1. The van der Waals surface area contributed by atoms with Gasteiger partial charge in [-0.15, -0.1) is 0 Å². The zero-order valence-corrected chi connectivity index (χ0v) is 10.9. The van der Waals surface area contributed by atoms with Crippen LogP contribution in [0.4, 0.5) is 0 Å². The van der Waals surface area contributed by atoms with E-state index in [2.05, 4.69) is 25.7 Å². The first-order chi connectivity index (χ1) is 8.00. The van der Waals surface area contributed by atoms with E-state index in [-0.39, 0.29) is 11.7 Å². The molecule has 1 aliphatic heterocycles. The molecule has 1 atom stereocenters. The molecule has 4 heteroatoms. The first-order valence-corrected chi connectivity index (χ1v) is 6.15. The van der Waals surface area contributed by atoms with Gasteiger partial charge in [0, 0.05) is 25.2 Å². The Morgan fingerprint density at radius 3 is 2.94 bits per heavy atom. The minimum Gasteiger partial charge on any atom is -0.468 e. The average Bonchev–Trinajstić information content (AvgIpc) is 2.61. The second-order valence-electron chi connectivity index (χ2n) is 5.43. The van der Waals surface area contributed by atoms with Crippen LogP contribution in [0.15, 0.2) is 16.7 Å². The van der Waals surface area contributed by atoms with Crippen LogP contribution in [0, 0.1) is 0 Å². The van der Waals surface area contributed by atoms with E-state index in [1.54, 1.807) is 6.26 Å². The third kappa shape index (κ3) is 3.09. The van der Waals surface area contributed by atoms with Gasteiger partial charge in [0.15, 0.2) is 0 Å². The fourth-order valence-corrected chi connectivity index (χ4v) is 2.63. The Labute approximate surface area is 103 Å². The molecule has 0 amide bonds. The quantitative estimate of drug-likeness (QED) is 0.871. The van der Waals surface area contributed by atoms with Gasteiger partial charge in [0.2, 0.25) is 0 Å². The summed E-state index contributed by atoms with van der Waals surface area (Å²) in [5.74, 6) is 0.891. The lowest BCUT2D eigenvalue weighted by Gasteiger charge is -2.41. The standard InChI is InChI=1S/C13H22N2O2/c1-10-7-15(9-13(2,3)17-10)8-11-4-5-16-12(11)6-14/h4-5,10H,6-9,14H2,1-3H3. The molecule has 1 aromatic rings. The van der Waals surface area contributed by atoms with Gasteiger partial charge in [-0.05, 0) is 26.8 Å². The molecule has 1 saturated heterocycles. The van der Waals surface area contributed by atoms with E-state index in [4.69, 9.17) is 14.9 Å².